The van der Waals surface area contributed by atoms with Crippen molar-refractivity contribution >= 4 is 5.91 Å². The summed E-state index contributed by atoms with van der Waals surface area (Å²) in [7, 11) is 0. The Morgan fingerprint density at radius 2 is 2.11 bits per heavy atom. The predicted octanol–water partition coefficient (Wildman–Crippen LogP) is 3.01. The lowest BCUT2D eigenvalue weighted by Gasteiger charge is -2.08. The molecule has 1 aromatic heterocycles. The molecule has 2 rings (SSSR count). The van der Waals surface area contributed by atoms with Gasteiger partial charge in [-0.25, -0.2) is 4.39 Å². The van der Waals surface area contributed by atoms with Gasteiger partial charge in [0.05, 0.1) is 0 Å². The van der Waals surface area contributed by atoms with Crippen molar-refractivity contribution < 1.29 is 13.7 Å². The van der Waals surface area contributed by atoms with E-state index in [0.29, 0.717) is 11.3 Å². The van der Waals surface area contributed by atoms with Crippen LogP contribution < -0.4 is 5.32 Å². The summed E-state index contributed by atoms with van der Waals surface area (Å²) in [6.07, 6.45) is 0.838. The number of nitrogens with one attached hydrogen (secondary N) is 1. The van der Waals surface area contributed by atoms with Crippen molar-refractivity contribution in [2.45, 2.75) is 26.3 Å². The molecule has 1 heterocycles. The van der Waals surface area contributed by atoms with Gasteiger partial charge in [-0.1, -0.05) is 12.1 Å². The maximum absolute atomic E-state index is 12.8. The summed E-state index contributed by atoms with van der Waals surface area (Å²) in [6.45, 7) is 3.89. The number of benzene rings is 1. The molecule has 4 nitrogen and oxygen atoms in total. The van der Waals surface area contributed by atoms with E-state index in [-0.39, 0.29) is 23.5 Å². The molecule has 0 unspecified atom stereocenters. The molecule has 0 saturated heterocycles. The summed E-state index contributed by atoms with van der Waals surface area (Å²) in [5.41, 5.74) is 1.21. The maximum Gasteiger partial charge on any atom is 0.290 e. The van der Waals surface area contributed by atoms with Crippen LogP contribution in [0.25, 0.3) is 11.3 Å². The summed E-state index contributed by atoms with van der Waals surface area (Å²) in [6, 6.07) is 7.47. The molecule has 0 spiro atoms. The molecule has 1 N–H and O–H groups in total. The summed E-state index contributed by atoms with van der Waals surface area (Å²) >= 11 is 0. The van der Waals surface area contributed by atoms with Gasteiger partial charge in [0.15, 0.2) is 0 Å². The number of nitrogens with zero attached hydrogens (tertiary/aromatic N) is 1. The minimum absolute atomic E-state index is 0.0758. The molecule has 2 aromatic rings. The summed E-state index contributed by atoms with van der Waals surface area (Å²) in [4.78, 5) is 11.8. The van der Waals surface area contributed by atoms with E-state index in [4.69, 9.17) is 4.52 Å². The SMILES string of the molecule is CC[C@@H](C)NC(=O)c1cc(-c2ccc(F)cc2)no1. The highest BCUT2D eigenvalue weighted by Gasteiger charge is 2.15. The largest absolute Gasteiger partial charge is 0.350 e. The lowest BCUT2D eigenvalue weighted by Crippen LogP contribution is -2.31. The van der Waals surface area contributed by atoms with E-state index >= 15 is 0 Å². The van der Waals surface area contributed by atoms with E-state index in [2.05, 4.69) is 10.5 Å². The van der Waals surface area contributed by atoms with Crippen molar-refractivity contribution in [1.29, 1.82) is 0 Å². The molecule has 1 amide bonds. The zero-order valence-corrected chi connectivity index (χ0v) is 10.8. The average Bonchev–Trinajstić information content (AvgIpc) is 2.89. The first-order valence-electron chi connectivity index (χ1n) is 6.13. The van der Waals surface area contributed by atoms with Gasteiger partial charge in [-0.05, 0) is 37.6 Å². The van der Waals surface area contributed by atoms with E-state index in [1.54, 1.807) is 18.2 Å². The van der Waals surface area contributed by atoms with Crippen LogP contribution in [0.1, 0.15) is 30.8 Å². The highest BCUT2D eigenvalue weighted by molar-refractivity contribution is 5.92. The zero-order valence-electron chi connectivity index (χ0n) is 10.8. The van der Waals surface area contributed by atoms with Crippen LogP contribution in [0.15, 0.2) is 34.9 Å². The summed E-state index contributed by atoms with van der Waals surface area (Å²) in [5.74, 6) is -0.461. The minimum Gasteiger partial charge on any atom is -0.350 e. The van der Waals surface area contributed by atoms with Crippen LogP contribution in [-0.2, 0) is 0 Å². The number of rotatable bonds is 4. The smallest absolute Gasteiger partial charge is 0.290 e. The Hall–Kier alpha value is -2.17. The second-order valence-electron chi connectivity index (χ2n) is 4.37. The molecule has 0 bridgehead atoms. The first-order valence-corrected chi connectivity index (χ1v) is 6.13. The first kappa shape index (κ1) is 13.3. The average molecular weight is 262 g/mol. The number of halogens is 1. The van der Waals surface area contributed by atoms with Crippen LogP contribution in [0.3, 0.4) is 0 Å². The predicted molar refractivity (Wildman–Crippen MR) is 69.1 cm³/mol. The Balaban J connectivity index is 2.15. The first-order chi connectivity index (χ1) is 9.10. The van der Waals surface area contributed by atoms with Gasteiger partial charge in [0, 0.05) is 17.7 Å². The molecule has 0 aliphatic heterocycles. The molecule has 0 saturated carbocycles. The molecule has 0 aliphatic carbocycles. The van der Waals surface area contributed by atoms with Gasteiger partial charge in [-0.15, -0.1) is 0 Å². The van der Waals surface area contributed by atoms with Crippen molar-refractivity contribution in [3.05, 3.63) is 41.9 Å². The molecule has 100 valence electrons. The zero-order chi connectivity index (χ0) is 13.8. The number of hydrogen-bond donors (Lipinski definition) is 1. The molecular formula is C14H15FN2O2. The quantitative estimate of drug-likeness (QED) is 0.921. The van der Waals surface area contributed by atoms with E-state index in [1.807, 2.05) is 13.8 Å². The second-order valence-corrected chi connectivity index (χ2v) is 4.37. The highest BCUT2D eigenvalue weighted by Crippen LogP contribution is 2.19. The fourth-order valence-corrected chi connectivity index (χ4v) is 1.54. The molecular weight excluding hydrogens is 247 g/mol. The van der Waals surface area contributed by atoms with Crippen LogP contribution in [-0.4, -0.2) is 17.1 Å². The Morgan fingerprint density at radius 3 is 2.74 bits per heavy atom. The topological polar surface area (TPSA) is 55.1 Å². The van der Waals surface area contributed by atoms with Gasteiger partial charge in [-0.2, -0.15) is 0 Å². The van der Waals surface area contributed by atoms with Crippen molar-refractivity contribution in [3.8, 4) is 11.3 Å². The van der Waals surface area contributed by atoms with Crippen LogP contribution in [0.5, 0.6) is 0 Å². The number of carbonyl (C=O) groups is 1. The van der Waals surface area contributed by atoms with E-state index in [1.165, 1.54) is 12.1 Å². The van der Waals surface area contributed by atoms with Crippen molar-refractivity contribution in [2.24, 2.45) is 0 Å². The van der Waals surface area contributed by atoms with Crippen LogP contribution in [0.2, 0.25) is 0 Å². The number of hydrogen-bond acceptors (Lipinski definition) is 3. The maximum atomic E-state index is 12.8. The van der Waals surface area contributed by atoms with Crippen molar-refractivity contribution in [3.63, 3.8) is 0 Å². The Labute approximate surface area is 110 Å². The van der Waals surface area contributed by atoms with Gasteiger partial charge < -0.3 is 9.84 Å². The van der Waals surface area contributed by atoms with Gasteiger partial charge in [-0.3, -0.25) is 4.79 Å². The van der Waals surface area contributed by atoms with Gasteiger partial charge >= 0.3 is 0 Å². The summed E-state index contributed by atoms with van der Waals surface area (Å²) in [5, 5.41) is 6.60. The highest BCUT2D eigenvalue weighted by atomic mass is 19.1. The second kappa shape index (κ2) is 5.65. The molecule has 19 heavy (non-hydrogen) atoms. The monoisotopic (exact) mass is 262 g/mol. The third kappa shape index (κ3) is 3.19. The summed E-state index contributed by atoms with van der Waals surface area (Å²) < 4.78 is 17.8. The van der Waals surface area contributed by atoms with E-state index in [9.17, 15) is 9.18 Å². The normalized spacial score (nSPS) is 12.2. The Bertz CT molecular complexity index is 563. The fourth-order valence-electron chi connectivity index (χ4n) is 1.54. The molecule has 5 heteroatoms. The van der Waals surface area contributed by atoms with Crippen LogP contribution >= 0.6 is 0 Å². The molecule has 1 atom stereocenters. The van der Waals surface area contributed by atoms with E-state index in [0.717, 1.165) is 6.42 Å². The number of aromatic nitrogens is 1. The van der Waals surface area contributed by atoms with Crippen LogP contribution in [0, 0.1) is 5.82 Å². The van der Waals surface area contributed by atoms with Gasteiger partial charge in [0.25, 0.3) is 5.91 Å². The third-order valence-corrected chi connectivity index (χ3v) is 2.86. The number of amides is 1. The standard InChI is InChI=1S/C14H15FN2O2/c1-3-9(2)16-14(18)13-8-12(17-19-13)10-4-6-11(15)7-5-10/h4-9H,3H2,1-2H3,(H,16,18)/t9-/m1/s1. The van der Waals surface area contributed by atoms with Gasteiger partial charge in [0.1, 0.15) is 11.5 Å². The van der Waals surface area contributed by atoms with Gasteiger partial charge in [0.2, 0.25) is 5.76 Å². The lowest BCUT2D eigenvalue weighted by molar-refractivity contribution is 0.0902. The molecule has 0 aliphatic rings. The molecule has 0 radical (unpaired) electrons. The molecule has 1 aromatic carbocycles. The van der Waals surface area contributed by atoms with Crippen molar-refractivity contribution in [2.75, 3.05) is 0 Å². The lowest BCUT2D eigenvalue weighted by atomic mass is 10.1. The number of carbonyl (C=O) groups excluding carboxylic acids is 1. The molecule has 0 fully saturated rings. The van der Waals surface area contributed by atoms with E-state index < -0.39 is 0 Å². The fraction of sp³-hybridized carbons (Fsp3) is 0.286. The van der Waals surface area contributed by atoms with Crippen molar-refractivity contribution in [1.82, 2.24) is 10.5 Å². The third-order valence-electron chi connectivity index (χ3n) is 2.86. The Morgan fingerprint density at radius 1 is 1.42 bits per heavy atom. The Kier molecular flexibility index (Phi) is 3.94. The van der Waals surface area contributed by atoms with Crippen LogP contribution in [0.4, 0.5) is 4.39 Å². The minimum atomic E-state index is -0.318.